The molecule has 0 radical (unpaired) electrons. The van der Waals surface area contributed by atoms with Crippen LogP contribution in [0.3, 0.4) is 0 Å². The number of aryl methyl sites for hydroxylation is 4. The van der Waals surface area contributed by atoms with E-state index in [1.54, 1.807) is 6.07 Å². The number of carbonyl (C=O) groups excluding carboxylic acids is 1. The zero-order valence-corrected chi connectivity index (χ0v) is 12.2. The number of nitrogens with one attached hydrogen (secondary N) is 1. The van der Waals surface area contributed by atoms with Crippen molar-refractivity contribution in [2.75, 3.05) is 5.73 Å². The second-order valence-electron chi connectivity index (χ2n) is 5.01. The smallest absolute Gasteiger partial charge is 0.251 e. The van der Waals surface area contributed by atoms with Gasteiger partial charge < -0.3 is 15.6 Å². The van der Waals surface area contributed by atoms with Gasteiger partial charge in [0, 0.05) is 23.4 Å². The molecule has 1 aromatic carbocycles. The molecule has 0 saturated heterocycles. The van der Waals surface area contributed by atoms with Crippen LogP contribution >= 0.6 is 0 Å². The second-order valence-corrected chi connectivity index (χ2v) is 5.01. The number of hydrogen-bond acceptors (Lipinski definition) is 4. The molecule has 1 amide bonds. The number of nitrogen functional groups attached to an aromatic ring is 1. The number of anilines is 1. The van der Waals surface area contributed by atoms with E-state index in [4.69, 9.17) is 10.3 Å². The fraction of sp³-hybridized carbons (Fsp3) is 0.333. The first-order chi connectivity index (χ1) is 9.40. The van der Waals surface area contributed by atoms with Crippen molar-refractivity contribution in [3.63, 3.8) is 0 Å². The van der Waals surface area contributed by atoms with Crippen molar-refractivity contribution >= 4 is 11.6 Å². The van der Waals surface area contributed by atoms with Crippen molar-refractivity contribution in [1.29, 1.82) is 0 Å². The van der Waals surface area contributed by atoms with Crippen LogP contribution in [0.2, 0.25) is 0 Å². The molecule has 3 N–H and O–H groups in total. The van der Waals surface area contributed by atoms with Gasteiger partial charge in [0.05, 0.1) is 5.69 Å². The molecule has 5 nitrogen and oxygen atoms in total. The largest absolute Gasteiger partial charge is 0.398 e. The standard InChI is InChI=1S/C15H19N3O2/c1-8-5-9(2)14(16)6-12(8)15(19)17-7-13-10(3)18-20-11(13)4/h5-6H,7,16H2,1-4H3,(H,17,19). The average molecular weight is 273 g/mol. The van der Waals surface area contributed by atoms with Gasteiger partial charge in [-0.2, -0.15) is 0 Å². The number of hydrogen-bond donors (Lipinski definition) is 2. The monoisotopic (exact) mass is 273 g/mol. The summed E-state index contributed by atoms with van der Waals surface area (Å²) in [5, 5.41) is 6.74. The minimum atomic E-state index is -0.144. The molecule has 0 spiro atoms. The van der Waals surface area contributed by atoms with Gasteiger partial charge in [0.15, 0.2) is 0 Å². The Bertz CT molecular complexity index is 640. The van der Waals surface area contributed by atoms with E-state index in [-0.39, 0.29) is 5.91 Å². The third-order valence-electron chi connectivity index (χ3n) is 3.46. The van der Waals surface area contributed by atoms with E-state index in [9.17, 15) is 4.79 Å². The molecule has 0 aliphatic rings. The molecule has 5 heteroatoms. The van der Waals surface area contributed by atoms with Crippen molar-refractivity contribution in [3.8, 4) is 0 Å². The predicted octanol–water partition coefficient (Wildman–Crippen LogP) is 2.42. The average Bonchev–Trinajstić information content (AvgIpc) is 2.71. The Hall–Kier alpha value is -2.30. The highest BCUT2D eigenvalue weighted by Gasteiger charge is 2.13. The van der Waals surface area contributed by atoms with Crippen LogP contribution < -0.4 is 11.1 Å². The van der Waals surface area contributed by atoms with Gasteiger partial charge in [-0.05, 0) is 44.9 Å². The summed E-state index contributed by atoms with van der Waals surface area (Å²) in [5.41, 5.74) is 10.7. The van der Waals surface area contributed by atoms with Crippen LogP contribution in [0.15, 0.2) is 16.7 Å². The molecule has 0 aliphatic heterocycles. The highest BCUT2D eigenvalue weighted by Crippen LogP contribution is 2.18. The summed E-state index contributed by atoms with van der Waals surface area (Å²) < 4.78 is 5.07. The van der Waals surface area contributed by atoms with Crippen LogP contribution in [0.4, 0.5) is 5.69 Å². The van der Waals surface area contributed by atoms with Crippen LogP contribution in [-0.4, -0.2) is 11.1 Å². The molecule has 106 valence electrons. The topological polar surface area (TPSA) is 81.2 Å². The Morgan fingerprint density at radius 2 is 1.95 bits per heavy atom. The van der Waals surface area contributed by atoms with Crippen molar-refractivity contribution in [2.45, 2.75) is 34.2 Å². The fourth-order valence-corrected chi connectivity index (χ4v) is 2.13. The molecular formula is C15H19N3O2. The van der Waals surface area contributed by atoms with E-state index in [0.29, 0.717) is 17.8 Å². The number of amides is 1. The van der Waals surface area contributed by atoms with Crippen LogP contribution in [-0.2, 0) is 6.54 Å². The fourth-order valence-electron chi connectivity index (χ4n) is 2.13. The first-order valence-electron chi connectivity index (χ1n) is 6.46. The Morgan fingerprint density at radius 3 is 2.55 bits per heavy atom. The summed E-state index contributed by atoms with van der Waals surface area (Å²) in [7, 11) is 0. The molecule has 0 unspecified atom stereocenters. The third-order valence-corrected chi connectivity index (χ3v) is 3.46. The van der Waals surface area contributed by atoms with Crippen LogP contribution in [0.5, 0.6) is 0 Å². The highest BCUT2D eigenvalue weighted by molar-refractivity contribution is 5.96. The number of carbonyl (C=O) groups is 1. The van der Waals surface area contributed by atoms with Crippen molar-refractivity contribution < 1.29 is 9.32 Å². The third kappa shape index (κ3) is 2.66. The second kappa shape index (κ2) is 5.36. The summed E-state index contributed by atoms with van der Waals surface area (Å²) in [5.74, 6) is 0.581. The van der Waals surface area contributed by atoms with Crippen LogP contribution in [0, 0.1) is 27.7 Å². The first kappa shape index (κ1) is 14.1. The zero-order chi connectivity index (χ0) is 14.9. The van der Waals surface area contributed by atoms with Gasteiger partial charge in [-0.3, -0.25) is 4.79 Å². The number of aromatic nitrogens is 1. The molecule has 20 heavy (non-hydrogen) atoms. The highest BCUT2D eigenvalue weighted by atomic mass is 16.5. The molecule has 1 aromatic heterocycles. The Balaban J connectivity index is 2.15. The van der Waals surface area contributed by atoms with Crippen molar-refractivity contribution in [3.05, 3.63) is 45.8 Å². The molecule has 1 heterocycles. The molecule has 2 rings (SSSR count). The van der Waals surface area contributed by atoms with E-state index < -0.39 is 0 Å². The van der Waals surface area contributed by atoms with Gasteiger partial charge in [0.2, 0.25) is 0 Å². The molecular weight excluding hydrogens is 254 g/mol. The SMILES string of the molecule is Cc1cc(C)c(C(=O)NCc2c(C)noc2C)cc1N. The summed E-state index contributed by atoms with van der Waals surface area (Å²) >= 11 is 0. The summed E-state index contributed by atoms with van der Waals surface area (Å²) in [6, 6.07) is 3.63. The van der Waals surface area contributed by atoms with Gasteiger partial charge in [-0.15, -0.1) is 0 Å². The maximum atomic E-state index is 12.2. The van der Waals surface area contributed by atoms with Crippen LogP contribution in [0.25, 0.3) is 0 Å². The lowest BCUT2D eigenvalue weighted by molar-refractivity contribution is 0.0950. The Labute approximate surface area is 118 Å². The lowest BCUT2D eigenvalue weighted by Gasteiger charge is -2.10. The van der Waals surface area contributed by atoms with Gasteiger partial charge in [0.25, 0.3) is 5.91 Å². The normalized spacial score (nSPS) is 10.6. The van der Waals surface area contributed by atoms with E-state index in [0.717, 1.165) is 28.1 Å². The van der Waals surface area contributed by atoms with Crippen molar-refractivity contribution in [1.82, 2.24) is 10.5 Å². The summed E-state index contributed by atoms with van der Waals surface area (Å²) in [6.45, 7) is 7.90. The molecule has 0 bridgehead atoms. The van der Waals surface area contributed by atoms with E-state index in [1.807, 2.05) is 33.8 Å². The van der Waals surface area contributed by atoms with Gasteiger partial charge in [-0.25, -0.2) is 0 Å². The number of nitrogens with zero attached hydrogens (tertiary/aromatic N) is 1. The van der Waals surface area contributed by atoms with Gasteiger partial charge in [0.1, 0.15) is 5.76 Å². The minimum absolute atomic E-state index is 0.144. The number of benzene rings is 1. The van der Waals surface area contributed by atoms with Gasteiger partial charge >= 0.3 is 0 Å². The zero-order valence-electron chi connectivity index (χ0n) is 12.2. The lowest BCUT2D eigenvalue weighted by Crippen LogP contribution is -2.24. The Kier molecular flexibility index (Phi) is 3.79. The molecule has 0 atom stereocenters. The Morgan fingerprint density at radius 1 is 1.25 bits per heavy atom. The molecule has 2 aromatic rings. The maximum absolute atomic E-state index is 12.2. The quantitative estimate of drug-likeness (QED) is 0.841. The van der Waals surface area contributed by atoms with Gasteiger partial charge in [-0.1, -0.05) is 11.2 Å². The van der Waals surface area contributed by atoms with Crippen molar-refractivity contribution in [2.24, 2.45) is 0 Å². The molecule has 0 saturated carbocycles. The molecule has 0 fully saturated rings. The molecule has 0 aliphatic carbocycles. The van der Waals surface area contributed by atoms with E-state index in [2.05, 4.69) is 10.5 Å². The lowest BCUT2D eigenvalue weighted by atomic mass is 10.0. The van der Waals surface area contributed by atoms with E-state index >= 15 is 0 Å². The summed E-state index contributed by atoms with van der Waals surface area (Å²) in [4.78, 5) is 12.2. The first-order valence-corrected chi connectivity index (χ1v) is 6.46. The van der Waals surface area contributed by atoms with Crippen LogP contribution in [0.1, 0.15) is 38.5 Å². The van der Waals surface area contributed by atoms with E-state index in [1.165, 1.54) is 0 Å². The minimum Gasteiger partial charge on any atom is -0.398 e. The number of rotatable bonds is 3. The number of nitrogens with two attached hydrogens (primary N) is 1. The predicted molar refractivity (Wildman–Crippen MR) is 77.5 cm³/mol. The maximum Gasteiger partial charge on any atom is 0.251 e. The summed E-state index contributed by atoms with van der Waals surface area (Å²) in [6.07, 6.45) is 0.